The van der Waals surface area contributed by atoms with Crippen LogP contribution in [0.1, 0.15) is 46.9 Å². The van der Waals surface area contributed by atoms with E-state index in [2.05, 4.69) is 15.5 Å². The van der Waals surface area contributed by atoms with Gasteiger partial charge in [0.2, 0.25) is 5.91 Å². The molecule has 2 aromatic rings. The number of nitrogens with zero attached hydrogens (tertiary/aromatic N) is 2. The molecule has 0 unspecified atom stereocenters. The number of allylic oxidation sites excluding steroid dienone is 4. The van der Waals surface area contributed by atoms with Gasteiger partial charge in [0.25, 0.3) is 0 Å². The highest BCUT2D eigenvalue weighted by Crippen LogP contribution is 2.22. The number of aliphatic hydroxyl groups is 2. The monoisotopic (exact) mass is 416 g/mol. The summed E-state index contributed by atoms with van der Waals surface area (Å²) in [6.45, 7) is 9.21. The highest BCUT2D eigenvalue weighted by Gasteiger charge is 2.11. The number of aliphatic hydroxyl groups excluding tert-OH is 2. The normalized spacial score (nSPS) is 12.2. The fourth-order valence-electron chi connectivity index (χ4n) is 2.56. The molecule has 0 saturated carbocycles. The lowest BCUT2D eigenvalue weighted by Crippen LogP contribution is -2.06. The summed E-state index contributed by atoms with van der Waals surface area (Å²) in [5.41, 5.74) is 2.90. The third-order valence-electron chi connectivity index (χ3n) is 3.80. The van der Waals surface area contributed by atoms with Crippen LogP contribution in [0.3, 0.4) is 0 Å². The quantitative estimate of drug-likeness (QED) is 0.278. The summed E-state index contributed by atoms with van der Waals surface area (Å²) in [7, 11) is 0. The molecule has 0 spiro atoms. The maximum absolute atomic E-state index is 11.2. The van der Waals surface area contributed by atoms with Crippen LogP contribution in [0.25, 0.3) is 11.3 Å². The molecular formula is C21H28N4O3S. The number of H-pyrrole nitrogens is 1. The Morgan fingerprint density at radius 3 is 2.41 bits per heavy atom. The van der Waals surface area contributed by atoms with E-state index in [0.29, 0.717) is 28.3 Å². The molecule has 156 valence electrons. The molecule has 0 aliphatic heterocycles. The Hall–Kier alpha value is -3.13. The Morgan fingerprint density at radius 2 is 1.90 bits per heavy atom. The van der Waals surface area contributed by atoms with Gasteiger partial charge in [-0.05, 0) is 67.1 Å². The molecule has 0 aliphatic rings. The highest BCUT2D eigenvalue weighted by molar-refractivity contribution is 7.71. The number of aromatic nitrogens is 3. The molecule has 29 heavy (non-hydrogen) atoms. The number of amides is 1. The average molecular weight is 417 g/mol. The fraction of sp³-hybridized carbons (Fsp3) is 0.286. The first kappa shape index (κ1) is 23.9. The molecule has 1 heterocycles. The molecule has 0 aliphatic carbocycles. The molecule has 7 nitrogen and oxygen atoms in total. The predicted octanol–water partition coefficient (Wildman–Crippen LogP) is 5.61. The van der Waals surface area contributed by atoms with Crippen molar-refractivity contribution in [2.24, 2.45) is 0 Å². The molecule has 0 radical (unpaired) electrons. The van der Waals surface area contributed by atoms with Crippen molar-refractivity contribution in [3.8, 4) is 5.69 Å². The van der Waals surface area contributed by atoms with Crippen LogP contribution in [0.15, 0.2) is 54.0 Å². The highest BCUT2D eigenvalue weighted by atomic mass is 32.1. The molecule has 1 aromatic carbocycles. The summed E-state index contributed by atoms with van der Waals surface area (Å²) >= 11 is 5.35. The second-order valence-corrected chi connectivity index (χ2v) is 6.21. The van der Waals surface area contributed by atoms with Gasteiger partial charge in [-0.25, -0.2) is 0 Å². The van der Waals surface area contributed by atoms with Crippen LogP contribution in [0.2, 0.25) is 0 Å². The van der Waals surface area contributed by atoms with Gasteiger partial charge in [-0.15, -0.1) is 0 Å². The van der Waals surface area contributed by atoms with E-state index >= 15 is 0 Å². The van der Waals surface area contributed by atoms with Gasteiger partial charge in [0.15, 0.2) is 10.6 Å². The van der Waals surface area contributed by atoms with E-state index in [1.807, 2.05) is 39.8 Å². The SMILES string of the molecule is CC.CCC(/C=C(\C)c1n[nH]c(=S)n1-c1ccc(NC(C)=O)cc1)=C(O)/C=C/O. The third-order valence-corrected chi connectivity index (χ3v) is 4.08. The van der Waals surface area contributed by atoms with E-state index in [9.17, 15) is 9.90 Å². The lowest BCUT2D eigenvalue weighted by atomic mass is 10.1. The van der Waals surface area contributed by atoms with Crippen molar-refractivity contribution >= 4 is 29.4 Å². The van der Waals surface area contributed by atoms with Crippen molar-refractivity contribution in [2.75, 3.05) is 5.32 Å². The van der Waals surface area contributed by atoms with Crippen LogP contribution in [-0.2, 0) is 4.79 Å². The average Bonchev–Trinajstić information content (AvgIpc) is 3.09. The van der Waals surface area contributed by atoms with Gasteiger partial charge < -0.3 is 15.5 Å². The molecule has 4 N–H and O–H groups in total. The Balaban J connectivity index is 0.00000204. The van der Waals surface area contributed by atoms with E-state index in [-0.39, 0.29) is 11.7 Å². The van der Waals surface area contributed by atoms with Crippen LogP contribution in [0.4, 0.5) is 5.69 Å². The second-order valence-electron chi connectivity index (χ2n) is 5.82. The standard InChI is InChI=1S/C19H22N4O3S.C2H6/c1-4-14(17(26)9-10-24)11-12(2)18-21-22-19(27)23(18)16-7-5-15(6-8-16)20-13(3)25;1-2/h5-11,24,26H,4H2,1-3H3,(H,20,25)(H,22,27);1-2H3/b10-9+,12-11+,17-14+;. The number of nitrogens with one attached hydrogen (secondary N) is 2. The molecule has 1 aromatic heterocycles. The van der Waals surface area contributed by atoms with Gasteiger partial charge in [-0.3, -0.25) is 14.5 Å². The largest absolute Gasteiger partial charge is 0.515 e. The van der Waals surface area contributed by atoms with E-state index < -0.39 is 0 Å². The van der Waals surface area contributed by atoms with Crippen molar-refractivity contribution in [2.45, 2.75) is 41.0 Å². The van der Waals surface area contributed by atoms with Crippen molar-refractivity contribution in [3.05, 3.63) is 64.6 Å². The summed E-state index contributed by atoms with van der Waals surface area (Å²) in [6, 6.07) is 7.22. The second kappa shape index (κ2) is 11.7. The Kier molecular flexibility index (Phi) is 9.61. The van der Waals surface area contributed by atoms with Gasteiger partial charge in [0.05, 0.1) is 11.9 Å². The first-order valence-electron chi connectivity index (χ1n) is 9.34. The van der Waals surface area contributed by atoms with E-state index in [1.165, 1.54) is 13.0 Å². The lowest BCUT2D eigenvalue weighted by Gasteiger charge is -2.09. The zero-order chi connectivity index (χ0) is 22.0. The smallest absolute Gasteiger partial charge is 0.221 e. The predicted molar refractivity (Wildman–Crippen MR) is 120 cm³/mol. The van der Waals surface area contributed by atoms with Crippen LogP contribution >= 0.6 is 12.2 Å². The maximum Gasteiger partial charge on any atom is 0.221 e. The summed E-state index contributed by atoms with van der Waals surface area (Å²) in [6.07, 6.45) is 4.38. The molecule has 8 heteroatoms. The van der Waals surface area contributed by atoms with Gasteiger partial charge in [0.1, 0.15) is 5.76 Å². The maximum atomic E-state index is 11.2. The summed E-state index contributed by atoms with van der Waals surface area (Å²) in [5, 5.41) is 28.6. The van der Waals surface area contributed by atoms with E-state index in [1.54, 1.807) is 22.8 Å². The van der Waals surface area contributed by atoms with Gasteiger partial charge in [0, 0.05) is 18.7 Å². The topological polar surface area (TPSA) is 103 Å². The first-order valence-corrected chi connectivity index (χ1v) is 9.75. The fourth-order valence-corrected chi connectivity index (χ4v) is 2.80. The molecule has 0 atom stereocenters. The number of rotatable bonds is 6. The van der Waals surface area contributed by atoms with Crippen LogP contribution < -0.4 is 5.32 Å². The molecule has 1 amide bonds. The minimum absolute atomic E-state index is 0.0142. The minimum Gasteiger partial charge on any atom is -0.515 e. The number of hydrogen-bond acceptors (Lipinski definition) is 5. The van der Waals surface area contributed by atoms with Gasteiger partial charge >= 0.3 is 0 Å². The van der Waals surface area contributed by atoms with Crippen molar-refractivity contribution in [3.63, 3.8) is 0 Å². The molecule has 0 saturated heterocycles. The number of aromatic amines is 1. The summed E-state index contributed by atoms with van der Waals surface area (Å²) < 4.78 is 2.19. The molecular weight excluding hydrogens is 388 g/mol. The van der Waals surface area contributed by atoms with E-state index in [4.69, 9.17) is 17.3 Å². The van der Waals surface area contributed by atoms with Gasteiger partial charge in [-0.2, -0.15) is 5.10 Å². The third kappa shape index (κ3) is 6.46. The zero-order valence-corrected chi connectivity index (χ0v) is 18.2. The Bertz CT molecular complexity index is 967. The number of carbonyl (C=O) groups excluding carboxylic acids is 1. The number of anilines is 1. The van der Waals surface area contributed by atoms with Crippen molar-refractivity contribution < 1.29 is 15.0 Å². The Labute approximate surface area is 176 Å². The molecule has 0 bridgehead atoms. The van der Waals surface area contributed by atoms with Crippen LogP contribution in [0, 0.1) is 4.77 Å². The van der Waals surface area contributed by atoms with Crippen LogP contribution in [0.5, 0.6) is 0 Å². The zero-order valence-electron chi connectivity index (χ0n) is 17.4. The number of hydrogen-bond donors (Lipinski definition) is 4. The lowest BCUT2D eigenvalue weighted by molar-refractivity contribution is -0.114. The van der Waals surface area contributed by atoms with Crippen molar-refractivity contribution in [1.29, 1.82) is 0 Å². The van der Waals surface area contributed by atoms with Gasteiger partial charge in [-0.1, -0.05) is 20.8 Å². The number of carbonyl (C=O) groups is 1. The first-order chi connectivity index (χ1) is 13.9. The molecule has 0 fully saturated rings. The Morgan fingerprint density at radius 1 is 1.28 bits per heavy atom. The van der Waals surface area contributed by atoms with Crippen LogP contribution in [-0.4, -0.2) is 30.9 Å². The minimum atomic E-state index is -0.141. The summed E-state index contributed by atoms with van der Waals surface area (Å²) in [5.74, 6) is 0.441. The number of benzene rings is 1. The molecule has 2 rings (SSSR count). The summed E-state index contributed by atoms with van der Waals surface area (Å²) in [4.78, 5) is 11.2. The van der Waals surface area contributed by atoms with Crippen molar-refractivity contribution in [1.82, 2.24) is 14.8 Å². The van der Waals surface area contributed by atoms with E-state index in [0.717, 1.165) is 17.5 Å².